The van der Waals surface area contributed by atoms with Crippen LogP contribution in [0, 0.1) is 0 Å². The second-order valence-corrected chi connectivity index (χ2v) is 7.62. The lowest BCUT2D eigenvalue weighted by atomic mass is 10.0. The average Bonchev–Trinajstić information content (AvgIpc) is 3.18. The topological polar surface area (TPSA) is 23.6 Å². The highest BCUT2D eigenvalue weighted by atomic mass is 32.1. The zero-order valence-corrected chi connectivity index (χ0v) is 15.6. The monoisotopic (exact) mass is 354 g/mol. The van der Waals surface area contributed by atoms with Gasteiger partial charge in [-0.05, 0) is 49.4 Å². The van der Waals surface area contributed by atoms with Crippen LogP contribution in [0.25, 0.3) is 6.08 Å². The van der Waals surface area contributed by atoms with Crippen LogP contribution in [-0.2, 0) is 11.2 Å². The van der Waals surface area contributed by atoms with Gasteiger partial charge >= 0.3 is 0 Å². The van der Waals surface area contributed by atoms with E-state index in [9.17, 15) is 4.79 Å². The van der Waals surface area contributed by atoms with E-state index in [1.165, 1.54) is 12.0 Å². The van der Waals surface area contributed by atoms with Crippen LogP contribution in [-0.4, -0.2) is 48.4 Å². The van der Waals surface area contributed by atoms with Crippen LogP contribution in [0.2, 0.25) is 0 Å². The van der Waals surface area contributed by atoms with E-state index < -0.39 is 0 Å². The molecule has 25 heavy (non-hydrogen) atoms. The first kappa shape index (κ1) is 17.9. The second kappa shape index (κ2) is 8.97. The van der Waals surface area contributed by atoms with Crippen molar-refractivity contribution in [3.05, 3.63) is 64.4 Å². The molecule has 3 nitrogen and oxygen atoms in total. The Labute approximate surface area is 154 Å². The fraction of sp³-hybridized carbons (Fsp3) is 0.381. The molecule has 0 N–H and O–H groups in total. The molecule has 1 saturated heterocycles. The van der Waals surface area contributed by atoms with Gasteiger partial charge in [-0.2, -0.15) is 0 Å². The molecule has 0 spiro atoms. The molecule has 0 radical (unpaired) electrons. The van der Waals surface area contributed by atoms with Crippen LogP contribution in [0.15, 0.2) is 53.9 Å². The van der Waals surface area contributed by atoms with Gasteiger partial charge < -0.3 is 9.80 Å². The number of carbonyl (C=O) groups is 1. The van der Waals surface area contributed by atoms with Crippen molar-refractivity contribution in [3.8, 4) is 0 Å². The van der Waals surface area contributed by atoms with Crippen molar-refractivity contribution in [1.29, 1.82) is 0 Å². The molecular formula is C21H26N2OS. The maximum atomic E-state index is 12.5. The largest absolute Gasteiger partial charge is 0.338 e. The maximum Gasteiger partial charge on any atom is 0.246 e. The minimum Gasteiger partial charge on any atom is -0.338 e. The molecule has 0 saturated carbocycles. The Balaban J connectivity index is 1.50. The summed E-state index contributed by atoms with van der Waals surface area (Å²) in [5, 5.41) is 2.03. The van der Waals surface area contributed by atoms with Gasteiger partial charge in [0.2, 0.25) is 5.91 Å². The first-order valence-electron chi connectivity index (χ1n) is 8.97. The summed E-state index contributed by atoms with van der Waals surface area (Å²) in [5.74, 6) is 0.134. The molecule has 1 amide bonds. The standard InChI is InChI=1S/C21H26N2OS/c1-22(15-13-18-7-3-2-4-8-18)19-9-5-14-23(17-19)21(24)12-11-20-10-6-16-25-20/h2-4,6-8,10-12,16,19H,5,9,13-15,17H2,1H3/b12-11+/t19-/m0/s1. The highest BCUT2D eigenvalue weighted by Gasteiger charge is 2.25. The predicted octanol–water partition coefficient (Wildman–Crippen LogP) is 3.93. The zero-order chi connectivity index (χ0) is 17.5. The average molecular weight is 355 g/mol. The summed E-state index contributed by atoms with van der Waals surface area (Å²) in [6.45, 7) is 2.73. The number of piperidine rings is 1. The van der Waals surface area contributed by atoms with Crippen LogP contribution in [0.3, 0.4) is 0 Å². The van der Waals surface area contributed by atoms with Crippen LogP contribution in [0.4, 0.5) is 0 Å². The number of thiophene rings is 1. The van der Waals surface area contributed by atoms with E-state index in [2.05, 4.69) is 42.3 Å². The molecule has 0 unspecified atom stereocenters. The number of benzene rings is 1. The number of carbonyl (C=O) groups excluding carboxylic acids is 1. The fourth-order valence-electron chi connectivity index (χ4n) is 3.29. The molecule has 1 aliphatic rings. The van der Waals surface area contributed by atoms with E-state index in [1.54, 1.807) is 17.4 Å². The van der Waals surface area contributed by atoms with Gasteiger partial charge in [0.25, 0.3) is 0 Å². The normalized spacial score (nSPS) is 18.2. The van der Waals surface area contributed by atoms with Gasteiger partial charge in [-0.3, -0.25) is 4.79 Å². The minimum absolute atomic E-state index is 0.134. The first-order valence-corrected chi connectivity index (χ1v) is 9.85. The third-order valence-corrected chi connectivity index (χ3v) is 5.70. The number of amides is 1. The maximum absolute atomic E-state index is 12.5. The van der Waals surface area contributed by atoms with Gasteiger partial charge in [0.05, 0.1) is 0 Å². The van der Waals surface area contributed by atoms with Crippen molar-refractivity contribution in [2.45, 2.75) is 25.3 Å². The molecule has 0 aliphatic carbocycles. The molecule has 2 heterocycles. The van der Waals surface area contributed by atoms with Gasteiger partial charge in [0, 0.05) is 36.6 Å². The van der Waals surface area contributed by atoms with Crippen LogP contribution < -0.4 is 0 Å². The summed E-state index contributed by atoms with van der Waals surface area (Å²) in [6.07, 6.45) is 6.95. The molecular weight excluding hydrogens is 328 g/mol. The quantitative estimate of drug-likeness (QED) is 0.734. The van der Waals surface area contributed by atoms with E-state index in [1.807, 2.05) is 28.5 Å². The molecule has 0 bridgehead atoms. The number of rotatable bonds is 6. The smallest absolute Gasteiger partial charge is 0.246 e. The summed E-state index contributed by atoms with van der Waals surface area (Å²) in [4.78, 5) is 18.0. The van der Waals surface area contributed by atoms with Crippen LogP contribution >= 0.6 is 11.3 Å². The lowest BCUT2D eigenvalue weighted by Gasteiger charge is -2.37. The van der Waals surface area contributed by atoms with Gasteiger partial charge in [0.1, 0.15) is 0 Å². The molecule has 3 rings (SSSR count). The third-order valence-electron chi connectivity index (χ3n) is 4.86. The third kappa shape index (κ3) is 5.28. The second-order valence-electron chi connectivity index (χ2n) is 6.65. The minimum atomic E-state index is 0.134. The Kier molecular flexibility index (Phi) is 6.42. The molecule has 2 aromatic rings. The Morgan fingerprint density at radius 3 is 2.88 bits per heavy atom. The van der Waals surface area contributed by atoms with Gasteiger partial charge in [-0.25, -0.2) is 0 Å². The number of nitrogens with zero attached hydrogens (tertiary/aromatic N) is 2. The molecule has 1 aromatic carbocycles. The lowest BCUT2D eigenvalue weighted by Crippen LogP contribution is -2.48. The molecule has 1 fully saturated rings. The predicted molar refractivity (Wildman–Crippen MR) is 106 cm³/mol. The van der Waals surface area contributed by atoms with Crippen LogP contribution in [0.5, 0.6) is 0 Å². The summed E-state index contributed by atoms with van der Waals surface area (Å²) < 4.78 is 0. The van der Waals surface area contributed by atoms with Gasteiger partial charge in [0.15, 0.2) is 0 Å². The van der Waals surface area contributed by atoms with E-state index in [0.717, 1.165) is 37.4 Å². The van der Waals surface area contributed by atoms with E-state index in [0.29, 0.717) is 6.04 Å². The fourth-order valence-corrected chi connectivity index (χ4v) is 3.91. The van der Waals surface area contributed by atoms with Gasteiger partial charge in [-0.1, -0.05) is 36.4 Å². The molecule has 4 heteroatoms. The molecule has 132 valence electrons. The Morgan fingerprint density at radius 1 is 1.28 bits per heavy atom. The highest BCUT2D eigenvalue weighted by Crippen LogP contribution is 2.17. The van der Waals surface area contributed by atoms with E-state index >= 15 is 0 Å². The van der Waals surface area contributed by atoms with Crippen molar-refractivity contribution in [1.82, 2.24) is 9.80 Å². The van der Waals surface area contributed by atoms with Crippen molar-refractivity contribution in [3.63, 3.8) is 0 Å². The Bertz CT molecular complexity index is 681. The summed E-state index contributed by atoms with van der Waals surface area (Å²) in [5.41, 5.74) is 1.37. The number of hydrogen-bond donors (Lipinski definition) is 0. The number of likely N-dealkylation sites (tertiary alicyclic amines) is 1. The van der Waals surface area contributed by atoms with Crippen molar-refractivity contribution < 1.29 is 4.79 Å². The van der Waals surface area contributed by atoms with Crippen molar-refractivity contribution in [2.24, 2.45) is 0 Å². The SMILES string of the molecule is CN(CCc1ccccc1)[C@H]1CCCN(C(=O)/C=C/c2cccs2)C1. The van der Waals surface area contributed by atoms with E-state index in [-0.39, 0.29) is 5.91 Å². The lowest BCUT2D eigenvalue weighted by molar-refractivity contribution is -0.127. The molecule has 1 atom stereocenters. The summed E-state index contributed by atoms with van der Waals surface area (Å²) >= 11 is 1.66. The zero-order valence-electron chi connectivity index (χ0n) is 14.8. The highest BCUT2D eigenvalue weighted by molar-refractivity contribution is 7.10. The van der Waals surface area contributed by atoms with Crippen LogP contribution in [0.1, 0.15) is 23.3 Å². The first-order chi connectivity index (χ1) is 12.2. The Hall–Kier alpha value is -1.91. The van der Waals surface area contributed by atoms with Crippen molar-refractivity contribution >= 4 is 23.3 Å². The van der Waals surface area contributed by atoms with Crippen molar-refractivity contribution in [2.75, 3.05) is 26.7 Å². The molecule has 1 aromatic heterocycles. The summed E-state index contributed by atoms with van der Waals surface area (Å²) in [7, 11) is 2.18. The number of hydrogen-bond acceptors (Lipinski definition) is 3. The Morgan fingerprint density at radius 2 is 2.12 bits per heavy atom. The summed E-state index contributed by atoms with van der Waals surface area (Å²) in [6, 6.07) is 15.1. The van der Waals surface area contributed by atoms with Gasteiger partial charge in [-0.15, -0.1) is 11.3 Å². The number of likely N-dealkylation sites (N-methyl/N-ethyl adjacent to an activating group) is 1. The molecule has 1 aliphatic heterocycles. The van der Waals surface area contributed by atoms with E-state index in [4.69, 9.17) is 0 Å².